The fourth-order valence-corrected chi connectivity index (χ4v) is 1.95. The van der Waals surface area contributed by atoms with E-state index in [0.717, 1.165) is 16.1 Å². The van der Waals surface area contributed by atoms with Gasteiger partial charge in [0.1, 0.15) is 0 Å². The van der Waals surface area contributed by atoms with E-state index in [1.165, 1.54) is 11.8 Å². The van der Waals surface area contributed by atoms with Crippen LogP contribution in [0.25, 0.3) is 0 Å². The molecular weight excluding hydrogens is 196 g/mol. The number of hydrogen-bond donors (Lipinski definition) is 1. The van der Waals surface area contributed by atoms with Crippen molar-refractivity contribution >= 4 is 30.6 Å². The molecule has 3 nitrogen and oxygen atoms in total. The minimum absolute atomic E-state index is 0.551. The summed E-state index contributed by atoms with van der Waals surface area (Å²) in [6.07, 6.45) is 0.684. The molecule has 0 aliphatic heterocycles. The van der Waals surface area contributed by atoms with Crippen LogP contribution in [0.15, 0.2) is 28.1 Å². The molecule has 1 amide bonds. The number of thioether (sulfide) groups is 1. The van der Waals surface area contributed by atoms with Gasteiger partial charge < -0.3 is 5.32 Å². The summed E-state index contributed by atoms with van der Waals surface area (Å²) in [5.41, 5.74) is 1.99. The average molecular weight is 208 g/mol. The lowest BCUT2D eigenvalue weighted by molar-refractivity contribution is -0.109. The highest BCUT2D eigenvalue weighted by molar-refractivity contribution is 7.99. The van der Waals surface area contributed by atoms with Gasteiger partial charge >= 0.3 is 0 Å². The Labute approximate surface area is 87.6 Å². The van der Waals surface area contributed by atoms with E-state index < -0.39 is 0 Å². The molecule has 0 saturated carbocycles. The third kappa shape index (κ3) is 2.60. The third-order valence-corrected chi connectivity index (χ3v) is 2.70. The van der Waals surface area contributed by atoms with Crippen molar-refractivity contribution in [2.75, 3.05) is 5.88 Å². The maximum atomic E-state index is 10.1. The standard InChI is InChI=1S/C10H12N2OS/c1-8-4-3-5-9(10(8)11-2)14-7-12-6-13/h3-6H,2,7H2,1H3,(H,12,13). The van der Waals surface area contributed by atoms with Gasteiger partial charge in [-0.3, -0.25) is 9.79 Å². The van der Waals surface area contributed by atoms with Crippen LogP contribution in [0.2, 0.25) is 0 Å². The molecule has 0 atom stereocenters. The van der Waals surface area contributed by atoms with Crippen LogP contribution in [0.5, 0.6) is 0 Å². The van der Waals surface area contributed by atoms with Crippen LogP contribution >= 0.6 is 11.8 Å². The molecule has 74 valence electrons. The van der Waals surface area contributed by atoms with Gasteiger partial charge in [-0.1, -0.05) is 12.1 Å². The zero-order valence-corrected chi connectivity index (χ0v) is 8.80. The highest BCUT2D eigenvalue weighted by atomic mass is 32.2. The molecule has 0 aromatic heterocycles. The van der Waals surface area contributed by atoms with Crippen molar-refractivity contribution in [3.8, 4) is 0 Å². The van der Waals surface area contributed by atoms with Crippen molar-refractivity contribution in [3.63, 3.8) is 0 Å². The number of amides is 1. The predicted octanol–water partition coefficient (Wildman–Crippen LogP) is 2.12. The number of benzene rings is 1. The first kappa shape index (κ1) is 10.8. The molecule has 0 saturated heterocycles. The zero-order chi connectivity index (χ0) is 10.4. The number of aliphatic imine (C=N–C) groups is 1. The maximum absolute atomic E-state index is 10.1. The van der Waals surface area contributed by atoms with Gasteiger partial charge in [0.15, 0.2) is 0 Å². The number of carbonyl (C=O) groups excluding carboxylic acids is 1. The number of carbonyl (C=O) groups is 1. The minimum Gasteiger partial charge on any atom is -0.349 e. The van der Waals surface area contributed by atoms with Gasteiger partial charge in [0.05, 0.1) is 11.6 Å². The molecule has 1 aromatic carbocycles. The Kier molecular flexibility index (Phi) is 4.19. The summed E-state index contributed by atoms with van der Waals surface area (Å²) >= 11 is 1.53. The average Bonchev–Trinajstić information content (AvgIpc) is 2.18. The van der Waals surface area contributed by atoms with Crippen molar-refractivity contribution in [2.45, 2.75) is 11.8 Å². The molecule has 0 bridgehead atoms. The summed E-state index contributed by atoms with van der Waals surface area (Å²) < 4.78 is 0. The van der Waals surface area contributed by atoms with Gasteiger partial charge in [0.25, 0.3) is 0 Å². The van der Waals surface area contributed by atoms with Crippen molar-refractivity contribution in [1.29, 1.82) is 0 Å². The van der Waals surface area contributed by atoms with Gasteiger partial charge in [0.2, 0.25) is 6.41 Å². The number of nitrogens with zero attached hydrogens (tertiary/aromatic N) is 1. The highest BCUT2D eigenvalue weighted by Gasteiger charge is 2.02. The molecule has 1 N–H and O–H groups in total. The first-order valence-corrected chi connectivity index (χ1v) is 5.14. The number of aryl methyl sites for hydroxylation is 1. The second-order valence-electron chi connectivity index (χ2n) is 2.69. The van der Waals surface area contributed by atoms with E-state index in [4.69, 9.17) is 0 Å². The van der Waals surface area contributed by atoms with E-state index in [1.807, 2.05) is 25.1 Å². The van der Waals surface area contributed by atoms with E-state index in [0.29, 0.717) is 12.3 Å². The lowest BCUT2D eigenvalue weighted by Gasteiger charge is -2.06. The van der Waals surface area contributed by atoms with Crippen LogP contribution in [0.4, 0.5) is 5.69 Å². The molecule has 0 unspecified atom stereocenters. The van der Waals surface area contributed by atoms with Gasteiger partial charge in [-0.05, 0) is 25.3 Å². The third-order valence-electron chi connectivity index (χ3n) is 1.75. The molecule has 1 rings (SSSR count). The number of para-hydroxylation sites is 1. The predicted molar refractivity (Wildman–Crippen MR) is 60.3 cm³/mol. The molecule has 0 aliphatic rings. The molecule has 0 heterocycles. The van der Waals surface area contributed by atoms with Crippen molar-refractivity contribution < 1.29 is 4.79 Å². The lowest BCUT2D eigenvalue weighted by atomic mass is 10.2. The fourth-order valence-electron chi connectivity index (χ4n) is 1.10. The topological polar surface area (TPSA) is 41.5 Å². The van der Waals surface area contributed by atoms with Crippen LogP contribution in [-0.4, -0.2) is 19.0 Å². The van der Waals surface area contributed by atoms with Gasteiger partial charge in [-0.15, -0.1) is 11.8 Å². The van der Waals surface area contributed by atoms with E-state index in [-0.39, 0.29) is 0 Å². The first-order chi connectivity index (χ1) is 6.79. The van der Waals surface area contributed by atoms with Gasteiger partial charge in [0, 0.05) is 4.90 Å². The summed E-state index contributed by atoms with van der Waals surface area (Å²) in [6, 6.07) is 5.92. The summed E-state index contributed by atoms with van der Waals surface area (Å²) in [4.78, 5) is 15.1. The monoisotopic (exact) mass is 208 g/mol. The van der Waals surface area contributed by atoms with Crippen LogP contribution in [-0.2, 0) is 4.79 Å². The van der Waals surface area contributed by atoms with Gasteiger partial charge in [-0.25, -0.2) is 0 Å². The Bertz CT molecular complexity index is 339. The minimum atomic E-state index is 0.551. The number of rotatable bonds is 5. The van der Waals surface area contributed by atoms with Crippen LogP contribution in [0.1, 0.15) is 5.56 Å². The summed E-state index contributed by atoms with van der Waals surface area (Å²) in [7, 11) is 0. The summed E-state index contributed by atoms with van der Waals surface area (Å²) in [6.45, 7) is 5.51. The van der Waals surface area contributed by atoms with Crippen LogP contribution in [0.3, 0.4) is 0 Å². The highest BCUT2D eigenvalue weighted by Crippen LogP contribution is 2.31. The SMILES string of the molecule is C=Nc1c(C)cccc1SCNC=O. The Hall–Kier alpha value is -1.29. The lowest BCUT2D eigenvalue weighted by Crippen LogP contribution is -2.08. The van der Waals surface area contributed by atoms with Crippen LogP contribution in [0, 0.1) is 6.92 Å². The largest absolute Gasteiger partial charge is 0.349 e. The fraction of sp³-hybridized carbons (Fsp3) is 0.200. The van der Waals surface area contributed by atoms with Crippen molar-refractivity contribution in [3.05, 3.63) is 23.8 Å². The summed E-state index contributed by atoms with van der Waals surface area (Å²) in [5, 5.41) is 2.59. The van der Waals surface area contributed by atoms with Crippen molar-refractivity contribution in [1.82, 2.24) is 5.32 Å². The van der Waals surface area contributed by atoms with Gasteiger partial charge in [-0.2, -0.15) is 0 Å². The van der Waals surface area contributed by atoms with E-state index in [9.17, 15) is 4.79 Å². The molecule has 0 fully saturated rings. The smallest absolute Gasteiger partial charge is 0.207 e. The normalized spacial score (nSPS) is 9.50. The molecule has 14 heavy (non-hydrogen) atoms. The first-order valence-electron chi connectivity index (χ1n) is 4.15. The van der Waals surface area contributed by atoms with E-state index >= 15 is 0 Å². The summed E-state index contributed by atoms with van der Waals surface area (Å²) in [5.74, 6) is 0.551. The zero-order valence-electron chi connectivity index (χ0n) is 7.99. The molecule has 1 aromatic rings. The quantitative estimate of drug-likeness (QED) is 0.265. The Morgan fingerprint density at radius 1 is 1.64 bits per heavy atom. The van der Waals surface area contributed by atoms with E-state index in [2.05, 4.69) is 17.0 Å². The molecule has 0 aliphatic carbocycles. The molecule has 0 spiro atoms. The van der Waals surface area contributed by atoms with Crippen LogP contribution < -0.4 is 5.32 Å². The number of hydrogen-bond acceptors (Lipinski definition) is 3. The molecular formula is C10H12N2OS. The Balaban J connectivity index is 2.79. The van der Waals surface area contributed by atoms with Crippen molar-refractivity contribution in [2.24, 2.45) is 4.99 Å². The number of nitrogens with one attached hydrogen (secondary N) is 1. The second kappa shape index (κ2) is 5.44. The van der Waals surface area contributed by atoms with E-state index in [1.54, 1.807) is 0 Å². The molecule has 4 heteroatoms. The second-order valence-corrected chi connectivity index (χ2v) is 3.71. The Morgan fingerprint density at radius 3 is 3.07 bits per heavy atom. The Morgan fingerprint density at radius 2 is 2.43 bits per heavy atom. The molecule has 0 radical (unpaired) electrons. The maximum Gasteiger partial charge on any atom is 0.207 e.